The highest BCUT2D eigenvalue weighted by atomic mass is 35.5. The maximum atomic E-state index is 14.0. The lowest BCUT2D eigenvalue weighted by molar-refractivity contribution is -0.0500. The zero-order valence-electron chi connectivity index (χ0n) is 18.6. The number of imidazole rings is 1. The summed E-state index contributed by atoms with van der Waals surface area (Å²) in [6.45, 7) is 3.56. The van der Waals surface area contributed by atoms with Gasteiger partial charge in [-0.3, -0.25) is 9.13 Å². The van der Waals surface area contributed by atoms with Crippen LogP contribution >= 0.6 is 11.6 Å². The molecule has 1 aliphatic carbocycles. The van der Waals surface area contributed by atoms with Gasteiger partial charge in [-0.1, -0.05) is 42.8 Å². The van der Waals surface area contributed by atoms with Gasteiger partial charge in [0, 0.05) is 10.4 Å². The predicted molar refractivity (Wildman–Crippen MR) is 130 cm³/mol. The standard InChI is InChI=1S/C27H23ClN2O4/c1-26(15-34-16-26)18-5-8-21(9-6-18)29-23-14-20(28)7-10-22(23)30(25(29)33)27(11-12-27)19-4-2-3-17(13-19)24(31)32/h2-10,13-14H,11-12,15-16H2,1H3,(H,31,32). The van der Waals surface area contributed by atoms with Gasteiger partial charge < -0.3 is 9.84 Å². The van der Waals surface area contributed by atoms with Crippen LogP contribution in [0.25, 0.3) is 16.7 Å². The second kappa shape index (κ2) is 7.32. The van der Waals surface area contributed by atoms with Crippen molar-refractivity contribution in [2.45, 2.75) is 30.7 Å². The Morgan fingerprint density at radius 2 is 1.71 bits per heavy atom. The summed E-state index contributed by atoms with van der Waals surface area (Å²) in [5.74, 6) is -0.982. The van der Waals surface area contributed by atoms with Crippen LogP contribution in [0, 0.1) is 0 Å². The van der Waals surface area contributed by atoms with E-state index in [1.165, 1.54) is 5.56 Å². The van der Waals surface area contributed by atoms with E-state index >= 15 is 0 Å². The van der Waals surface area contributed by atoms with Crippen LogP contribution in [0.2, 0.25) is 5.02 Å². The Morgan fingerprint density at radius 1 is 0.971 bits per heavy atom. The zero-order valence-corrected chi connectivity index (χ0v) is 19.4. The number of carboxylic acid groups (broad SMARTS) is 1. The van der Waals surface area contributed by atoms with Crippen molar-refractivity contribution in [3.63, 3.8) is 0 Å². The van der Waals surface area contributed by atoms with Crippen LogP contribution in [-0.2, 0) is 15.7 Å². The largest absolute Gasteiger partial charge is 0.478 e. The van der Waals surface area contributed by atoms with E-state index in [4.69, 9.17) is 16.3 Å². The first kappa shape index (κ1) is 21.2. The normalized spacial score (nSPS) is 17.9. The molecule has 0 unspecified atom stereocenters. The van der Waals surface area contributed by atoms with E-state index in [1.807, 2.05) is 34.9 Å². The third kappa shape index (κ3) is 3.06. The minimum absolute atomic E-state index is 0.00796. The van der Waals surface area contributed by atoms with Crippen molar-refractivity contribution in [3.8, 4) is 5.69 Å². The number of hydrogen-bond donors (Lipinski definition) is 1. The molecule has 2 heterocycles. The number of rotatable bonds is 5. The Labute approximate surface area is 201 Å². The van der Waals surface area contributed by atoms with Gasteiger partial charge in [0.2, 0.25) is 0 Å². The van der Waals surface area contributed by atoms with E-state index in [1.54, 1.807) is 28.8 Å². The summed E-state index contributed by atoms with van der Waals surface area (Å²) in [5, 5.41) is 10.0. The summed E-state index contributed by atoms with van der Waals surface area (Å²) in [6, 6.07) is 20.4. The summed E-state index contributed by atoms with van der Waals surface area (Å²) in [4.78, 5) is 25.5. The second-order valence-electron chi connectivity index (χ2n) is 9.60. The van der Waals surface area contributed by atoms with Gasteiger partial charge >= 0.3 is 11.7 Å². The fourth-order valence-electron chi connectivity index (χ4n) is 5.12. The molecule has 172 valence electrons. The first-order valence-corrected chi connectivity index (χ1v) is 11.7. The van der Waals surface area contributed by atoms with Gasteiger partial charge in [0.15, 0.2) is 0 Å². The van der Waals surface area contributed by atoms with E-state index in [9.17, 15) is 14.7 Å². The van der Waals surface area contributed by atoms with Crippen LogP contribution < -0.4 is 5.69 Å². The van der Waals surface area contributed by atoms with Gasteiger partial charge in [0.1, 0.15) is 0 Å². The number of hydrogen-bond acceptors (Lipinski definition) is 3. The molecular weight excluding hydrogens is 452 g/mol. The number of halogens is 1. The van der Waals surface area contributed by atoms with Crippen molar-refractivity contribution in [2.24, 2.45) is 0 Å². The second-order valence-corrected chi connectivity index (χ2v) is 10.0. The van der Waals surface area contributed by atoms with Gasteiger partial charge in [-0.25, -0.2) is 9.59 Å². The average Bonchev–Trinajstić information content (AvgIpc) is 3.56. The molecule has 0 bridgehead atoms. The molecule has 2 aliphatic rings. The monoisotopic (exact) mass is 474 g/mol. The Bertz CT molecular complexity index is 1510. The smallest absolute Gasteiger partial charge is 0.335 e. The average molecular weight is 475 g/mol. The number of fused-ring (bicyclic) bond motifs is 1. The van der Waals surface area contributed by atoms with E-state index in [-0.39, 0.29) is 16.7 Å². The van der Waals surface area contributed by atoms with Crippen LogP contribution in [0.15, 0.2) is 71.5 Å². The molecule has 1 aliphatic heterocycles. The third-order valence-electron chi connectivity index (χ3n) is 7.26. The van der Waals surface area contributed by atoms with Gasteiger partial charge in [-0.15, -0.1) is 0 Å². The number of nitrogens with zero attached hydrogens (tertiary/aromatic N) is 2. The fourth-order valence-corrected chi connectivity index (χ4v) is 5.29. The maximum absolute atomic E-state index is 14.0. The molecule has 6 rings (SSSR count). The number of ether oxygens (including phenoxy) is 1. The first-order valence-electron chi connectivity index (χ1n) is 11.3. The van der Waals surface area contributed by atoms with Crippen molar-refractivity contribution in [3.05, 3.63) is 98.9 Å². The number of aromatic carboxylic acids is 1. The lowest BCUT2D eigenvalue weighted by Gasteiger charge is -2.38. The Morgan fingerprint density at radius 3 is 2.32 bits per heavy atom. The highest BCUT2D eigenvalue weighted by molar-refractivity contribution is 6.31. The lowest BCUT2D eigenvalue weighted by atomic mass is 9.81. The predicted octanol–water partition coefficient (Wildman–Crippen LogP) is 4.97. The van der Waals surface area contributed by atoms with Crippen LogP contribution in [0.3, 0.4) is 0 Å². The lowest BCUT2D eigenvalue weighted by Crippen LogP contribution is -2.43. The summed E-state index contributed by atoms with van der Waals surface area (Å²) in [7, 11) is 0. The molecule has 7 heteroatoms. The number of carboxylic acids is 1. The van der Waals surface area contributed by atoms with Crippen molar-refractivity contribution in [1.82, 2.24) is 9.13 Å². The minimum Gasteiger partial charge on any atom is -0.478 e. The zero-order chi connectivity index (χ0) is 23.7. The maximum Gasteiger partial charge on any atom is 0.335 e. The minimum atomic E-state index is -0.982. The van der Waals surface area contributed by atoms with Crippen molar-refractivity contribution >= 4 is 28.6 Å². The fraction of sp³-hybridized carbons (Fsp3) is 0.259. The Hall–Kier alpha value is -3.35. The molecule has 1 saturated heterocycles. The Kier molecular flexibility index (Phi) is 4.57. The molecule has 34 heavy (non-hydrogen) atoms. The first-order chi connectivity index (χ1) is 16.3. The molecule has 0 spiro atoms. The number of carbonyl (C=O) groups is 1. The SMILES string of the molecule is CC1(c2ccc(-n3c(=O)n(C4(c5cccc(C(=O)O)c5)CC4)c4ccc(Cl)cc43)cc2)COC1. The van der Waals surface area contributed by atoms with Crippen LogP contribution in [0.4, 0.5) is 0 Å². The molecule has 1 N–H and O–H groups in total. The van der Waals surface area contributed by atoms with Crippen molar-refractivity contribution in [1.29, 1.82) is 0 Å². The van der Waals surface area contributed by atoms with Crippen molar-refractivity contribution in [2.75, 3.05) is 13.2 Å². The molecular formula is C27H23ClN2O4. The summed E-state index contributed by atoms with van der Waals surface area (Å²) >= 11 is 6.35. The number of aromatic nitrogens is 2. The van der Waals surface area contributed by atoms with Crippen LogP contribution in [-0.4, -0.2) is 33.4 Å². The molecule has 1 saturated carbocycles. The highest BCUT2D eigenvalue weighted by Crippen LogP contribution is 2.50. The third-order valence-corrected chi connectivity index (χ3v) is 7.50. The van der Waals surface area contributed by atoms with Gasteiger partial charge in [-0.2, -0.15) is 0 Å². The van der Waals surface area contributed by atoms with Gasteiger partial charge in [0.25, 0.3) is 0 Å². The summed E-state index contributed by atoms with van der Waals surface area (Å²) < 4.78 is 8.91. The van der Waals surface area contributed by atoms with E-state index in [0.29, 0.717) is 18.2 Å². The molecule has 6 nitrogen and oxygen atoms in total. The molecule has 3 aromatic carbocycles. The molecule has 0 atom stereocenters. The van der Waals surface area contributed by atoms with Crippen LogP contribution in [0.1, 0.15) is 41.3 Å². The summed E-state index contributed by atoms with van der Waals surface area (Å²) in [5.41, 5.74) is 3.76. The van der Waals surface area contributed by atoms with Crippen molar-refractivity contribution < 1.29 is 14.6 Å². The van der Waals surface area contributed by atoms with E-state index < -0.39 is 11.5 Å². The molecule has 2 fully saturated rings. The van der Waals surface area contributed by atoms with Gasteiger partial charge in [-0.05, 0) is 66.4 Å². The number of benzene rings is 3. The molecule has 1 aromatic heterocycles. The highest BCUT2D eigenvalue weighted by Gasteiger charge is 2.49. The molecule has 4 aromatic rings. The summed E-state index contributed by atoms with van der Waals surface area (Å²) in [6.07, 6.45) is 1.52. The van der Waals surface area contributed by atoms with Gasteiger partial charge in [0.05, 0.1) is 41.0 Å². The topological polar surface area (TPSA) is 73.5 Å². The quantitative estimate of drug-likeness (QED) is 0.443. The molecule has 0 radical (unpaired) electrons. The molecule has 0 amide bonds. The van der Waals surface area contributed by atoms with Crippen LogP contribution in [0.5, 0.6) is 0 Å². The van der Waals surface area contributed by atoms with E-state index in [2.05, 4.69) is 19.1 Å². The van der Waals surface area contributed by atoms with E-state index in [0.717, 1.165) is 35.1 Å². The Balaban J connectivity index is 1.54.